The van der Waals surface area contributed by atoms with Gasteiger partial charge in [-0.2, -0.15) is 0 Å². The third-order valence-corrected chi connectivity index (χ3v) is 4.07. The second-order valence-corrected chi connectivity index (χ2v) is 6.05. The minimum Gasteiger partial charge on any atom is -0.488 e. The van der Waals surface area contributed by atoms with Crippen molar-refractivity contribution in [3.05, 3.63) is 17.9 Å². The van der Waals surface area contributed by atoms with Crippen molar-refractivity contribution in [2.24, 2.45) is 11.8 Å². The Morgan fingerprint density at radius 2 is 2.10 bits per heavy atom. The molecule has 0 saturated heterocycles. The zero-order chi connectivity index (χ0) is 15.4. The lowest BCUT2D eigenvalue weighted by molar-refractivity contribution is 0.199. The molecule has 1 saturated carbocycles. The van der Waals surface area contributed by atoms with Crippen molar-refractivity contribution >= 4 is 11.4 Å². The van der Waals surface area contributed by atoms with Gasteiger partial charge in [0.2, 0.25) is 0 Å². The molecule has 2 atom stereocenters. The Bertz CT molecular complexity index is 480. The van der Waals surface area contributed by atoms with Gasteiger partial charge < -0.3 is 20.9 Å². The lowest BCUT2D eigenvalue weighted by atomic mass is 9.97. The lowest BCUT2D eigenvalue weighted by Gasteiger charge is -2.20. The molecule has 0 bridgehead atoms. The minimum absolute atomic E-state index is 0.0930. The van der Waals surface area contributed by atoms with E-state index in [9.17, 15) is 9.50 Å². The van der Waals surface area contributed by atoms with Crippen LogP contribution in [0, 0.1) is 17.7 Å². The first-order valence-corrected chi connectivity index (χ1v) is 7.61. The van der Waals surface area contributed by atoms with Crippen LogP contribution in [0.4, 0.5) is 15.8 Å². The molecule has 0 amide bonds. The summed E-state index contributed by atoms with van der Waals surface area (Å²) >= 11 is 0. The third-order valence-electron chi connectivity index (χ3n) is 4.07. The molecule has 0 aromatic heterocycles. The summed E-state index contributed by atoms with van der Waals surface area (Å²) in [7, 11) is 0. The topological polar surface area (TPSA) is 67.5 Å². The summed E-state index contributed by atoms with van der Waals surface area (Å²) in [5.41, 5.74) is 6.93. The number of rotatable bonds is 6. The van der Waals surface area contributed by atoms with Gasteiger partial charge in [0.15, 0.2) is 11.6 Å². The Labute approximate surface area is 125 Å². The first-order chi connectivity index (χ1) is 10.0. The molecular weight excluding hydrogens is 271 g/mol. The second kappa shape index (κ2) is 6.98. The molecule has 1 fully saturated rings. The fraction of sp³-hybridized carbons (Fsp3) is 0.625. The predicted molar refractivity (Wildman–Crippen MR) is 83.0 cm³/mol. The first-order valence-electron chi connectivity index (χ1n) is 7.61. The molecule has 2 unspecified atom stereocenters. The first kappa shape index (κ1) is 15.9. The predicted octanol–water partition coefficient (Wildman–Crippen LogP) is 3.02. The number of nitrogen functional groups attached to an aromatic ring is 1. The molecule has 118 valence electrons. The lowest BCUT2D eigenvalue weighted by Crippen LogP contribution is -2.21. The van der Waals surface area contributed by atoms with Crippen LogP contribution in [-0.4, -0.2) is 24.4 Å². The summed E-state index contributed by atoms with van der Waals surface area (Å²) < 4.78 is 19.2. The number of aliphatic hydroxyl groups is 1. The van der Waals surface area contributed by atoms with E-state index >= 15 is 0 Å². The normalized spacial score (nSPS) is 21.8. The van der Waals surface area contributed by atoms with Gasteiger partial charge in [0.25, 0.3) is 0 Å². The van der Waals surface area contributed by atoms with Crippen LogP contribution >= 0.6 is 0 Å². The number of nitrogens with two attached hydrogens (primary N) is 1. The molecule has 1 aromatic carbocycles. The molecule has 2 rings (SSSR count). The van der Waals surface area contributed by atoms with Crippen LogP contribution in [0.5, 0.6) is 5.75 Å². The largest absolute Gasteiger partial charge is 0.488 e. The summed E-state index contributed by atoms with van der Waals surface area (Å²) in [5, 5.41) is 12.6. The van der Waals surface area contributed by atoms with Gasteiger partial charge in [-0.3, -0.25) is 0 Å². The van der Waals surface area contributed by atoms with E-state index in [1.165, 1.54) is 6.07 Å². The molecule has 0 spiro atoms. The summed E-state index contributed by atoms with van der Waals surface area (Å²) in [6.07, 6.45) is 3.24. The highest BCUT2D eigenvalue weighted by Crippen LogP contribution is 2.33. The summed E-state index contributed by atoms with van der Waals surface area (Å²) in [6, 6.07) is 2.91. The molecule has 21 heavy (non-hydrogen) atoms. The highest BCUT2D eigenvalue weighted by molar-refractivity contribution is 5.68. The zero-order valence-corrected chi connectivity index (χ0v) is 12.7. The van der Waals surface area contributed by atoms with Gasteiger partial charge in [0.05, 0.1) is 17.5 Å². The molecule has 0 aliphatic heterocycles. The van der Waals surface area contributed by atoms with E-state index in [0.29, 0.717) is 23.2 Å². The zero-order valence-electron chi connectivity index (χ0n) is 12.7. The van der Waals surface area contributed by atoms with Gasteiger partial charge in [0, 0.05) is 25.3 Å². The Kier molecular flexibility index (Phi) is 5.28. The van der Waals surface area contributed by atoms with Crippen molar-refractivity contribution in [2.75, 3.05) is 24.2 Å². The fourth-order valence-electron chi connectivity index (χ4n) is 2.93. The summed E-state index contributed by atoms with van der Waals surface area (Å²) in [5.74, 6) is 0.562. The van der Waals surface area contributed by atoms with Crippen molar-refractivity contribution in [3.63, 3.8) is 0 Å². The average molecular weight is 296 g/mol. The molecular formula is C16H25FN2O2. The van der Waals surface area contributed by atoms with Crippen molar-refractivity contribution in [1.82, 2.24) is 0 Å². The Hall–Kier alpha value is -1.49. The third kappa shape index (κ3) is 4.00. The van der Waals surface area contributed by atoms with Crippen LogP contribution in [-0.2, 0) is 0 Å². The number of nitrogens with one attached hydrogen (secondary N) is 1. The van der Waals surface area contributed by atoms with Crippen molar-refractivity contribution in [1.29, 1.82) is 0 Å². The van der Waals surface area contributed by atoms with E-state index in [4.69, 9.17) is 10.5 Å². The highest BCUT2D eigenvalue weighted by atomic mass is 19.1. The Morgan fingerprint density at radius 3 is 2.76 bits per heavy atom. The van der Waals surface area contributed by atoms with Gasteiger partial charge in [-0.25, -0.2) is 4.39 Å². The van der Waals surface area contributed by atoms with Crippen molar-refractivity contribution in [3.8, 4) is 5.75 Å². The minimum atomic E-state index is -0.444. The standard InChI is InChI=1S/C16H25FN2O2/c1-10(2)21-16-7-15(14(18)6-13(16)17)19-8-11-4-3-5-12(11)9-20/h6-7,10-12,19-20H,3-5,8-9,18H2,1-2H3. The number of aliphatic hydroxyl groups excluding tert-OH is 1. The van der Waals surface area contributed by atoms with E-state index in [-0.39, 0.29) is 18.5 Å². The van der Waals surface area contributed by atoms with Crippen LogP contribution in [0.2, 0.25) is 0 Å². The molecule has 4 N–H and O–H groups in total. The monoisotopic (exact) mass is 296 g/mol. The average Bonchev–Trinajstić information content (AvgIpc) is 2.87. The fourth-order valence-corrected chi connectivity index (χ4v) is 2.93. The van der Waals surface area contributed by atoms with Gasteiger partial charge in [0.1, 0.15) is 0 Å². The molecule has 0 heterocycles. The highest BCUT2D eigenvalue weighted by Gasteiger charge is 2.26. The van der Waals surface area contributed by atoms with E-state index in [1.807, 2.05) is 13.8 Å². The van der Waals surface area contributed by atoms with Crippen LogP contribution in [0.15, 0.2) is 12.1 Å². The van der Waals surface area contributed by atoms with E-state index in [2.05, 4.69) is 5.32 Å². The van der Waals surface area contributed by atoms with Crippen LogP contribution < -0.4 is 15.8 Å². The van der Waals surface area contributed by atoms with Crippen LogP contribution in [0.25, 0.3) is 0 Å². The molecule has 0 radical (unpaired) electrons. The maximum absolute atomic E-state index is 13.8. The number of halogens is 1. The number of benzene rings is 1. The van der Waals surface area contributed by atoms with Gasteiger partial charge in [-0.15, -0.1) is 0 Å². The molecule has 1 aromatic rings. The summed E-state index contributed by atoms with van der Waals surface area (Å²) in [6.45, 7) is 4.68. The quantitative estimate of drug-likeness (QED) is 0.706. The number of ether oxygens (including phenoxy) is 1. The number of anilines is 2. The maximum Gasteiger partial charge on any atom is 0.167 e. The Morgan fingerprint density at radius 1 is 1.38 bits per heavy atom. The molecule has 1 aliphatic carbocycles. The summed E-state index contributed by atoms with van der Waals surface area (Å²) in [4.78, 5) is 0. The number of hydrogen-bond donors (Lipinski definition) is 3. The number of hydrogen-bond acceptors (Lipinski definition) is 4. The molecule has 5 heteroatoms. The van der Waals surface area contributed by atoms with Crippen LogP contribution in [0.1, 0.15) is 33.1 Å². The SMILES string of the molecule is CC(C)Oc1cc(NCC2CCCC2CO)c(N)cc1F. The van der Waals surface area contributed by atoms with Gasteiger partial charge >= 0.3 is 0 Å². The van der Waals surface area contributed by atoms with E-state index in [1.54, 1.807) is 6.07 Å². The van der Waals surface area contributed by atoms with Crippen molar-refractivity contribution in [2.45, 2.75) is 39.2 Å². The van der Waals surface area contributed by atoms with Gasteiger partial charge in [-0.05, 0) is 38.5 Å². The van der Waals surface area contributed by atoms with Gasteiger partial charge in [-0.1, -0.05) is 6.42 Å². The molecule has 1 aliphatic rings. The molecule has 4 nitrogen and oxygen atoms in total. The van der Waals surface area contributed by atoms with E-state index < -0.39 is 5.82 Å². The van der Waals surface area contributed by atoms with Crippen molar-refractivity contribution < 1.29 is 14.2 Å². The van der Waals surface area contributed by atoms with E-state index in [0.717, 1.165) is 25.8 Å². The second-order valence-electron chi connectivity index (χ2n) is 6.05. The van der Waals surface area contributed by atoms with Crippen LogP contribution in [0.3, 0.4) is 0 Å². The Balaban J connectivity index is 2.05. The maximum atomic E-state index is 13.8. The smallest absolute Gasteiger partial charge is 0.167 e.